The largest absolute Gasteiger partial charge is 0.587 e. The summed E-state index contributed by atoms with van der Waals surface area (Å²) in [5.41, 5.74) is 7.67. The van der Waals surface area contributed by atoms with E-state index in [-0.39, 0.29) is 45.2 Å². The van der Waals surface area contributed by atoms with Crippen molar-refractivity contribution in [1.29, 1.82) is 0 Å². The number of hydroxylamine groups is 1. The van der Waals surface area contributed by atoms with E-state index in [4.69, 9.17) is 30.3 Å². The van der Waals surface area contributed by atoms with Crippen LogP contribution in [0.2, 0.25) is 5.02 Å². The van der Waals surface area contributed by atoms with Gasteiger partial charge in [-0.3, -0.25) is 9.78 Å². The van der Waals surface area contributed by atoms with E-state index in [1.54, 1.807) is 55.6 Å². The molecule has 0 bridgehead atoms. The van der Waals surface area contributed by atoms with Crippen molar-refractivity contribution in [2.24, 2.45) is 0 Å². The Bertz CT molecular complexity index is 2140. The Balaban J connectivity index is 0.000000252. The van der Waals surface area contributed by atoms with Crippen molar-refractivity contribution >= 4 is 40.8 Å². The third-order valence-electron chi connectivity index (χ3n) is 7.85. The average Bonchev–Trinajstić information content (AvgIpc) is 3.95. The van der Waals surface area contributed by atoms with Crippen LogP contribution in [0.5, 0.6) is 17.2 Å². The minimum Gasteiger partial charge on any atom is -0.587 e. The van der Waals surface area contributed by atoms with Crippen molar-refractivity contribution < 1.29 is 44.6 Å². The number of nitrogens with one attached hydrogen (secondary N) is 1. The van der Waals surface area contributed by atoms with Crippen LogP contribution in [0.1, 0.15) is 49.2 Å². The molecule has 7 rings (SSSR count). The molecule has 56 heavy (non-hydrogen) atoms. The zero-order valence-electron chi connectivity index (χ0n) is 31.7. The number of halogens is 1. The Morgan fingerprint density at radius 1 is 0.964 bits per heavy atom. The van der Waals surface area contributed by atoms with Gasteiger partial charge < -0.3 is 34.4 Å². The van der Waals surface area contributed by atoms with Crippen LogP contribution in [0.25, 0.3) is 11.3 Å². The smallest absolute Gasteiger partial charge is 0.274 e. The maximum Gasteiger partial charge on any atom is 0.274 e. The number of nitrogens with zero attached hydrogens (tertiary/aromatic N) is 9. The van der Waals surface area contributed by atoms with Crippen molar-refractivity contribution in [3.63, 3.8) is 0 Å². The molecular weight excluding hydrogens is 928 g/mol. The molecule has 5 heterocycles. The summed E-state index contributed by atoms with van der Waals surface area (Å²) in [7, 11) is 3.13. The number of carbonyl (C=O) groups excluding carboxylic acids is 1. The normalized spacial score (nSPS) is 13.1. The van der Waals surface area contributed by atoms with E-state index in [0.29, 0.717) is 52.2 Å². The van der Waals surface area contributed by atoms with E-state index < -0.39 is 0 Å². The first-order valence-electron chi connectivity index (χ1n) is 17.4. The van der Waals surface area contributed by atoms with E-state index >= 15 is 0 Å². The van der Waals surface area contributed by atoms with Crippen molar-refractivity contribution in [2.75, 3.05) is 36.9 Å². The van der Waals surface area contributed by atoms with Crippen LogP contribution in [0.15, 0.2) is 95.0 Å². The van der Waals surface area contributed by atoms with Crippen molar-refractivity contribution in [3.8, 4) is 23.1 Å². The van der Waals surface area contributed by atoms with Crippen molar-refractivity contribution in [2.45, 2.75) is 51.8 Å². The van der Waals surface area contributed by atoms with Gasteiger partial charge in [-0.2, -0.15) is 5.10 Å². The molecule has 2 aromatic carbocycles. The average molecular weight is 970 g/mol. The second-order valence-corrected chi connectivity index (χ2v) is 12.9. The molecule has 0 aliphatic carbocycles. The fraction of sp³-hybridized carbons (Fsp3) is 0.289. The van der Waals surface area contributed by atoms with Crippen LogP contribution >= 0.6 is 23.4 Å². The number of hydrogen-bond acceptors (Lipinski definition) is 13. The molecular formula is C38H42ClN10O5SW-. The van der Waals surface area contributed by atoms with Crippen LogP contribution in [0.3, 0.4) is 0 Å². The molecule has 1 fully saturated rings. The fourth-order valence-electron chi connectivity index (χ4n) is 5.33. The molecule has 6 aromatic rings. The number of anilines is 2. The Labute approximate surface area is 349 Å². The number of aryl methyl sites for hydroxylation is 2. The zero-order chi connectivity index (χ0) is 39.2. The van der Waals surface area contributed by atoms with Crippen LogP contribution in [-0.4, -0.2) is 67.5 Å². The topological polar surface area (TPSA) is 170 Å². The zero-order valence-corrected chi connectivity index (χ0v) is 36.3. The molecule has 1 aliphatic rings. The SMILES string of the molecule is CC.COc1cccc(O[N-]CSc2nnc(C3CC(=O)N(c4ccc(OC)c(Cl)c4)C3)o2)c1.Cc1cc(C)n(-c2cc(NCc3ccccn3)ncn2)n1.[W]. The first kappa shape index (κ1) is 43.7. The molecule has 294 valence electrons. The third-order valence-corrected chi connectivity index (χ3v) is 8.79. The maximum absolute atomic E-state index is 12.5. The second kappa shape index (κ2) is 21.9. The monoisotopic (exact) mass is 969 g/mol. The van der Waals surface area contributed by atoms with Gasteiger partial charge in [-0.1, -0.05) is 55.2 Å². The first-order chi connectivity index (χ1) is 26.8. The third kappa shape index (κ3) is 12.0. The molecule has 4 aromatic heterocycles. The van der Waals surface area contributed by atoms with Crippen molar-refractivity contribution in [3.05, 3.63) is 119 Å². The molecule has 1 N–H and O–H groups in total. The molecule has 0 radical (unpaired) electrons. The van der Waals surface area contributed by atoms with Gasteiger partial charge in [0.1, 0.15) is 29.4 Å². The molecule has 1 saturated heterocycles. The van der Waals surface area contributed by atoms with Gasteiger partial charge in [-0.05, 0) is 62.4 Å². The standard InChI is InChI=1S/C21H20ClN4O5S.C15H16N6.C2H6.W/c1-28-15-4-3-5-16(10-15)31-23-12-32-21-25-24-20(30-21)13-8-19(27)26(11-13)14-6-7-18(29-2)17(22)9-14;1-11-7-12(2)21(20-11)15-8-14(18-10-19-15)17-9-13-5-3-4-6-16-13;1-2;/h3-7,9-10,13H,8,11-12H2,1-2H3;3-8,10H,9H2,1-2H3,(H,17,18,19);1-2H3;/q-1;;;. The summed E-state index contributed by atoms with van der Waals surface area (Å²) in [4.78, 5) is 32.3. The van der Waals surface area contributed by atoms with Gasteiger partial charge in [0.05, 0.1) is 43.1 Å². The summed E-state index contributed by atoms with van der Waals surface area (Å²) < 4.78 is 17.8. The first-order valence-corrected chi connectivity index (χ1v) is 18.7. The van der Waals surface area contributed by atoms with Gasteiger partial charge >= 0.3 is 0 Å². The van der Waals surface area contributed by atoms with E-state index in [1.165, 1.54) is 18.1 Å². The van der Waals surface area contributed by atoms with Crippen LogP contribution in [-0.2, 0) is 32.4 Å². The quantitative estimate of drug-likeness (QED) is 0.0672. The Kier molecular flexibility index (Phi) is 17.1. The van der Waals surface area contributed by atoms with Gasteiger partial charge in [-0.25, -0.2) is 14.6 Å². The Hall–Kier alpha value is -5.02. The number of amides is 1. The number of thioether (sulfide) groups is 1. The second-order valence-electron chi connectivity index (χ2n) is 11.6. The summed E-state index contributed by atoms with van der Waals surface area (Å²) in [6.45, 7) is 9.01. The van der Waals surface area contributed by atoms with Crippen LogP contribution < -0.4 is 24.5 Å². The minimum absolute atomic E-state index is 0. The summed E-state index contributed by atoms with van der Waals surface area (Å²) >= 11 is 7.44. The summed E-state index contributed by atoms with van der Waals surface area (Å²) in [6, 6.07) is 22.1. The number of benzene rings is 2. The number of aromatic nitrogens is 7. The predicted molar refractivity (Wildman–Crippen MR) is 211 cm³/mol. The van der Waals surface area contributed by atoms with Gasteiger partial charge in [-0.15, -0.1) is 10.2 Å². The van der Waals surface area contributed by atoms with E-state index in [0.717, 1.165) is 28.7 Å². The number of rotatable bonds is 13. The fourth-order valence-corrected chi connectivity index (χ4v) is 6.04. The van der Waals surface area contributed by atoms with Crippen LogP contribution in [0.4, 0.5) is 11.5 Å². The molecule has 1 amide bonds. The number of ether oxygens (including phenoxy) is 2. The Morgan fingerprint density at radius 3 is 2.50 bits per heavy atom. The van der Waals surface area contributed by atoms with E-state index in [9.17, 15) is 4.79 Å². The molecule has 0 spiro atoms. The minimum atomic E-state index is -0.199. The molecule has 15 nitrogen and oxygen atoms in total. The Morgan fingerprint density at radius 2 is 1.79 bits per heavy atom. The van der Waals surface area contributed by atoms with E-state index in [1.807, 2.05) is 74.8 Å². The molecule has 18 heteroatoms. The van der Waals surface area contributed by atoms with Gasteiger partial charge in [0, 0.05) is 63.7 Å². The number of hydrogen-bond donors (Lipinski definition) is 1. The predicted octanol–water partition coefficient (Wildman–Crippen LogP) is 7.99. The molecule has 1 aliphatic heterocycles. The number of methoxy groups -OCH3 is 2. The summed E-state index contributed by atoms with van der Waals surface area (Å²) in [5.74, 6) is 3.75. The summed E-state index contributed by atoms with van der Waals surface area (Å²) in [5, 5.41) is 16.6. The molecule has 1 atom stereocenters. The summed E-state index contributed by atoms with van der Waals surface area (Å²) in [6.07, 6.45) is 3.59. The van der Waals surface area contributed by atoms with Gasteiger partial charge in [0.25, 0.3) is 5.22 Å². The number of pyridine rings is 1. The van der Waals surface area contributed by atoms with E-state index in [2.05, 4.69) is 41.0 Å². The van der Waals surface area contributed by atoms with Gasteiger partial charge in [0.15, 0.2) is 5.82 Å². The maximum atomic E-state index is 12.5. The molecule has 1 unspecified atom stereocenters. The number of carbonyl (C=O) groups is 1. The van der Waals surface area contributed by atoms with Crippen LogP contribution in [0, 0.1) is 13.8 Å². The molecule has 0 saturated carbocycles. The van der Waals surface area contributed by atoms with Crippen molar-refractivity contribution in [1.82, 2.24) is 34.9 Å². The van der Waals surface area contributed by atoms with Gasteiger partial charge in [0.2, 0.25) is 11.8 Å².